The Bertz CT molecular complexity index is 479. The van der Waals surface area contributed by atoms with Crippen LogP contribution in [0.2, 0.25) is 0 Å². The van der Waals surface area contributed by atoms with Crippen LogP contribution in [0.5, 0.6) is 0 Å². The van der Waals surface area contributed by atoms with Gasteiger partial charge in [-0.3, -0.25) is 0 Å². The molecule has 0 aliphatic heterocycles. The number of aromatic nitrogens is 2. The highest BCUT2D eigenvalue weighted by molar-refractivity contribution is 14.1. The summed E-state index contributed by atoms with van der Waals surface area (Å²) in [5.74, 6) is 1.02. The number of benzene rings is 1. The van der Waals surface area contributed by atoms with Crippen LogP contribution in [0.25, 0.3) is 0 Å². The molecule has 0 aliphatic rings. The van der Waals surface area contributed by atoms with E-state index < -0.39 is 0 Å². The van der Waals surface area contributed by atoms with E-state index >= 15 is 0 Å². The first-order chi connectivity index (χ1) is 7.66. The molecule has 0 bridgehead atoms. The molecule has 3 nitrogen and oxygen atoms in total. The zero-order chi connectivity index (χ0) is 11.5. The van der Waals surface area contributed by atoms with E-state index in [9.17, 15) is 0 Å². The average Bonchev–Trinajstić information content (AvgIpc) is 2.64. The highest BCUT2D eigenvalue weighted by Crippen LogP contribution is 2.17. The monoisotopic (exact) mass is 327 g/mol. The number of aryl methyl sites for hydroxylation is 1. The lowest BCUT2D eigenvalue weighted by molar-refractivity contribution is 0.659. The van der Waals surface area contributed by atoms with E-state index in [4.69, 9.17) is 5.73 Å². The molecule has 1 atom stereocenters. The molecule has 0 saturated heterocycles. The minimum atomic E-state index is 0.0100. The van der Waals surface area contributed by atoms with E-state index in [2.05, 4.69) is 45.8 Å². The Hall–Kier alpha value is -0.880. The topological polar surface area (TPSA) is 43.8 Å². The minimum absolute atomic E-state index is 0.0100. The molecule has 2 rings (SSSR count). The third-order valence-corrected chi connectivity index (χ3v) is 3.27. The minimum Gasteiger partial charge on any atom is -0.338 e. The predicted molar refractivity (Wildman–Crippen MR) is 73.0 cm³/mol. The fourth-order valence-electron chi connectivity index (χ4n) is 1.64. The van der Waals surface area contributed by atoms with Crippen molar-refractivity contribution in [3.05, 3.63) is 51.6 Å². The molecule has 16 heavy (non-hydrogen) atoms. The molecule has 1 heterocycles. The first-order valence-electron chi connectivity index (χ1n) is 5.14. The van der Waals surface area contributed by atoms with Crippen molar-refractivity contribution >= 4 is 22.6 Å². The van der Waals surface area contributed by atoms with Crippen LogP contribution in [-0.4, -0.2) is 9.55 Å². The first-order valence-corrected chi connectivity index (χ1v) is 6.22. The molecule has 1 aromatic heterocycles. The van der Waals surface area contributed by atoms with Gasteiger partial charge in [-0.25, -0.2) is 4.98 Å². The normalized spacial score (nSPS) is 12.7. The van der Waals surface area contributed by atoms with E-state index in [1.807, 2.05) is 23.9 Å². The van der Waals surface area contributed by atoms with E-state index in [-0.39, 0.29) is 6.04 Å². The van der Waals surface area contributed by atoms with Gasteiger partial charge in [-0.1, -0.05) is 12.1 Å². The molecule has 2 N–H and O–H groups in total. The summed E-state index contributed by atoms with van der Waals surface area (Å²) < 4.78 is 3.22. The van der Waals surface area contributed by atoms with Gasteiger partial charge in [0.1, 0.15) is 5.82 Å². The van der Waals surface area contributed by atoms with Crippen LogP contribution in [0.15, 0.2) is 36.7 Å². The van der Waals surface area contributed by atoms with Crippen LogP contribution in [0.1, 0.15) is 17.4 Å². The van der Waals surface area contributed by atoms with E-state index in [0.29, 0.717) is 0 Å². The van der Waals surface area contributed by atoms with Gasteiger partial charge in [0.25, 0.3) is 0 Å². The summed E-state index contributed by atoms with van der Waals surface area (Å²) in [5.41, 5.74) is 7.33. The number of hydrogen-bond donors (Lipinski definition) is 1. The number of nitrogens with zero attached hydrogens (tertiary/aromatic N) is 2. The Kier molecular flexibility index (Phi) is 3.60. The molecule has 4 heteroatoms. The Balaban J connectivity index is 2.14. The summed E-state index contributed by atoms with van der Waals surface area (Å²) >= 11 is 2.30. The largest absolute Gasteiger partial charge is 0.338 e. The second-order valence-corrected chi connectivity index (χ2v) is 5.07. The standard InChI is InChI=1S/C12H14IN3/c1-16-6-5-15-12(16)8-11(14)9-3-2-4-10(13)7-9/h2-7,11H,8,14H2,1H3. The number of hydrogen-bond acceptors (Lipinski definition) is 2. The molecule has 2 aromatic rings. The van der Waals surface area contributed by atoms with Gasteiger partial charge in [0, 0.05) is 35.5 Å². The molecule has 0 radical (unpaired) electrons. The molecule has 0 fully saturated rings. The quantitative estimate of drug-likeness (QED) is 0.879. The molecular formula is C12H14IN3. The van der Waals surface area contributed by atoms with Crippen molar-refractivity contribution in [1.82, 2.24) is 9.55 Å². The van der Waals surface area contributed by atoms with Crippen molar-refractivity contribution in [2.75, 3.05) is 0 Å². The van der Waals surface area contributed by atoms with Crippen molar-refractivity contribution in [3.63, 3.8) is 0 Å². The summed E-state index contributed by atoms with van der Waals surface area (Å²) in [6.07, 6.45) is 4.51. The predicted octanol–water partition coefficient (Wildman–Crippen LogP) is 2.27. The van der Waals surface area contributed by atoms with Gasteiger partial charge in [-0.05, 0) is 40.3 Å². The lowest BCUT2D eigenvalue weighted by Crippen LogP contribution is -2.15. The molecule has 0 aliphatic carbocycles. The van der Waals surface area contributed by atoms with Crippen LogP contribution < -0.4 is 5.73 Å². The second kappa shape index (κ2) is 4.97. The fourth-order valence-corrected chi connectivity index (χ4v) is 2.21. The fraction of sp³-hybridized carbons (Fsp3) is 0.250. The van der Waals surface area contributed by atoms with Crippen molar-refractivity contribution in [3.8, 4) is 0 Å². The lowest BCUT2D eigenvalue weighted by Gasteiger charge is -2.12. The molecule has 1 aromatic carbocycles. The highest BCUT2D eigenvalue weighted by atomic mass is 127. The third kappa shape index (κ3) is 2.62. The summed E-state index contributed by atoms with van der Waals surface area (Å²) in [5, 5.41) is 0. The van der Waals surface area contributed by atoms with Crippen LogP contribution in [0, 0.1) is 3.57 Å². The number of imidazole rings is 1. The Morgan fingerprint density at radius 1 is 1.50 bits per heavy atom. The molecular weight excluding hydrogens is 313 g/mol. The van der Waals surface area contributed by atoms with Gasteiger partial charge in [0.15, 0.2) is 0 Å². The smallest absolute Gasteiger partial charge is 0.110 e. The average molecular weight is 327 g/mol. The SMILES string of the molecule is Cn1ccnc1CC(N)c1cccc(I)c1. The summed E-state index contributed by atoms with van der Waals surface area (Å²) in [6, 6.07) is 8.30. The zero-order valence-electron chi connectivity index (χ0n) is 9.10. The van der Waals surface area contributed by atoms with Crippen LogP contribution in [0.3, 0.4) is 0 Å². The first kappa shape index (κ1) is 11.6. The Labute approximate surface area is 109 Å². The van der Waals surface area contributed by atoms with E-state index in [0.717, 1.165) is 17.8 Å². The number of halogens is 1. The summed E-state index contributed by atoms with van der Waals surface area (Å²) in [6.45, 7) is 0. The molecule has 1 unspecified atom stereocenters. The van der Waals surface area contributed by atoms with Crippen molar-refractivity contribution < 1.29 is 0 Å². The van der Waals surface area contributed by atoms with Gasteiger partial charge in [0.05, 0.1) is 0 Å². The Morgan fingerprint density at radius 3 is 2.94 bits per heavy atom. The maximum atomic E-state index is 6.17. The Morgan fingerprint density at radius 2 is 2.31 bits per heavy atom. The van der Waals surface area contributed by atoms with E-state index in [1.165, 1.54) is 3.57 Å². The van der Waals surface area contributed by atoms with Crippen molar-refractivity contribution in [2.45, 2.75) is 12.5 Å². The van der Waals surface area contributed by atoms with E-state index in [1.54, 1.807) is 6.20 Å². The van der Waals surface area contributed by atoms with Gasteiger partial charge >= 0.3 is 0 Å². The molecule has 0 spiro atoms. The van der Waals surface area contributed by atoms with Crippen LogP contribution >= 0.6 is 22.6 Å². The van der Waals surface area contributed by atoms with Crippen LogP contribution in [-0.2, 0) is 13.5 Å². The van der Waals surface area contributed by atoms with Gasteiger partial charge < -0.3 is 10.3 Å². The zero-order valence-corrected chi connectivity index (χ0v) is 11.3. The molecule has 84 valence electrons. The summed E-state index contributed by atoms with van der Waals surface area (Å²) in [4.78, 5) is 4.28. The maximum Gasteiger partial charge on any atom is 0.110 e. The lowest BCUT2D eigenvalue weighted by atomic mass is 10.0. The van der Waals surface area contributed by atoms with Crippen LogP contribution in [0.4, 0.5) is 0 Å². The second-order valence-electron chi connectivity index (χ2n) is 3.82. The summed E-state index contributed by atoms with van der Waals surface area (Å²) in [7, 11) is 1.99. The number of rotatable bonds is 3. The van der Waals surface area contributed by atoms with Gasteiger partial charge in [-0.15, -0.1) is 0 Å². The maximum absolute atomic E-state index is 6.17. The number of nitrogens with two attached hydrogens (primary N) is 1. The highest BCUT2D eigenvalue weighted by Gasteiger charge is 2.10. The van der Waals surface area contributed by atoms with Crippen molar-refractivity contribution in [1.29, 1.82) is 0 Å². The van der Waals surface area contributed by atoms with Gasteiger partial charge in [-0.2, -0.15) is 0 Å². The van der Waals surface area contributed by atoms with Crippen molar-refractivity contribution in [2.24, 2.45) is 12.8 Å². The van der Waals surface area contributed by atoms with Gasteiger partial charge in [0.2, 0.25) is 0 Å². The third-order valence-electron chi connectivity index (χ3n) is 2.60. The molecule has 0 saturated carbocycles. The molecule has 0 amide bonds.